The van der Waals surface area contributed by atoms with Crippen LogP contribution >= 0.6 is 12.4 Å². The highest BCUT2D eigenvalue weighted by molar-refractivity contribution is 5.86. The molecule has 2 aromatic heterocycles. The second kappa shape index (κ2) is 5.50. The van der Waals surface area contributed by atoms with Crippen molar-refractivity contribution in [1.29, 1.82) is 0 Å². The molecule has 0 unspecified atom stereocenters. The first kappa shape index (κ1) is 15.8. The van der Waals surface area contributed by atoms with Crippen molar-refractivity contribution >= 4 is 41.3 Å². The van der Waals surface area contributed by atoms with E-state index in [2.05, 4.69) is 19.9 Å². The van der Waals surface area contributed by atoms with Crippen LogP contribution in [0.5, 0.6) is 0 Å². The summed E-state index contributed by atoms with van der Waals surface area (Å²) < 4.78 is 10.5. The number of nitrogens with zero attached hydrogens (tertiary/aromatic N) is 4. The first-order valence-corrected chi connectivity index (χ1v) is 7.02. The normalized spacial score (nSPS) is 26.1. The van der Waals surface area contributed by atoms with Crippen molar-refractivity contribution in [3.63, 3.8) is 0 Å². The second-order valence-electron chi connectivity index (χ2n) is 5.75. The number of halogens is 1. The fraction of sp³-hybridized carbons (Fsp3) is 0.538. The number of aromatic amines is 1. The summed E-state index contributed by atoms with van der Waals surface area (Å²) >= 11 is 0. The number of esters is 1. The molecule has 0 aliphatic carbocycles. The Labute approximate surface area is 138 Å². The van der Waals surface area contributed by atoms with Gasteiger partial charge in [-0.25, -0.2) is 4.98 Å². The molecule has 0 amide bonds. The van der Waals surface area contributed by atoms with E-state index in [9.17, 15) is 4.79 Å². The van der Waals surface area contributed by atoms with Gasteiger partial charge < -0.3 is 25.1 Å². The number of nitrogen functional groups attached to an aromatic ring is 1. The van der Waals surface area contributed by atoms with Crippen LogP contribution in [0.15, 0.2) is 6.33 Å². The van der Waals surface area contributed by atoms with Gasteiger partial charge in [0, 0.05) is 19.0 Å². The predicted molar refractivity (Wildman–Crippen MR) is 84.3 cm³/mol. The van der Waals surface area contributed by atoms with Crippen molar-refractivity contribution in [3.8, 4) is 0 Å². The molecule has 3 N–H and O–H groups in total. The molecule has 0 bridgehead atoms. The third kappa shape index (κ3) is 2.19. The van der Waals surface area contributed by atoms with Crippen LogP contribution in [-0.4, -0.2) is 59.3 Å². The van der Waals surface area contributed by atoms with Crippen molar-refractivity contribution in [2.45, 2.75) is 0 Å². The lowest BCUT2D eigenvalue weighted by Gasteiger charge is -2.24. The number of methoxy groups -OCH3 is 1. The summed E-state index contributed by atoms with van der Waals surface area (Å²) in [4.78, 5) is 29.9. The van der Waals surface area contributed by atoms with E-state index in [4.69, 9.17) is 15.2 Å². The zero-order valence-electron chi connectivity index (χ0n) is 12.5. The minimum absolute atomic E-state index is 0. The molecular weight excluding hydrogens is 324 g/mol. The maximum atomic E-state index is 12.3. The Bertz CT molecular complexity index is 752. The third-order valence-corrected chi connectivity index (χ3v) is 4.55. The van der Waals surface area contributed by atoms with Crippen LogP contribution in [0.2, 0.25) is 0 Å². The highest BCUT2D eigenvalue weighted by atomic mass is 35.5. The van der Waals surface area contributed by atoms with Gasteiger partial charge in [0.25, 0.3) is 0 Å². The van der Waals surface area contributed by atoms with Crippen LogP contribution < -0.4 is 10.6 Å². The number of hydrogen-bond donors (Lipinski definition) is 2. The largest absolute Gasteiger partial charge is 0.468 e. The van der Waals surface area contributed by atoms with E-state index in [1.165, 1.54) is 7.11 Å². The van der Waals surface area contributed by atoms with Gasteiger partial charge in [-0.2, -0.15) is 9.97 Å². The van der Waals surface area contributed by atoms with Gasteiger partial charge in [0.1, 0.15) is 10.9 Å². The van der Waals surface area contributed by atoms with Gasteiger partial charge in [0.2, 0.25) is 5.95 Å². The first-order valence-electron chi connectivity index (χ1n) is 7.02. The summed E-state index contributed by atoms with van der Waals surface area (Å²) in [5.41, 5.74) is 6.36. The monoisotopic (exact) mass is 340 g/mol. The van der Waals surface area contributed by atoms with Gasteiger partial charge in [-0.3, -0.25) is 4.79 Å². The van der Waals surface area contributed by atoms with Gasteiger partial charge >= 0.3 is 5.97 Å². The van der Waals surface area contributed by atoms with E-state index in [0.717, 1.165) is 5.52 Å². The van der Waals surface area contributed by atoms with Crippen molar-refractivity contribution in [2.75, 3.05) is 44.0 Å². The van der Waals surface area contributed by atoms with Gasteiger partial charge in [0.15, 0.2) is 11.5 Å². The predicted octanol–water partition coefficient (Wildman–Crippen LogP) is -0.0173. The number of nitrogens with two attached hydrogens (primary N) is 1. The van der Waals surface area contributed by atoms with Crippen molar-refractivity contribution in [3.05, 3.63) is 6.33 Å². The fourth-order valence-corrected chi connectivity index (χ4v) is 3.45. The van der Waals surface area contributed by atoms with Crippen LogP contribution in [0, 0.1) is 11.3 Å². The molecule has 0 saturated carbocycles. The number of fused-ring (bicyclic) bond motifs is 2. The quantitative estimate of drug-likeness (QED) is 0.732. The van der Waals surface area contributed by atoms with Crippen LogP contribution in [-0.2, 0) is 14.3 Å². The number of aromatic nitrogens is 4. The van der Waals surface area contributed by atoms with Crippen LogP contribution in [0.3, 0.4) is 0 Å². The molecule has 2 aliphatic heterocycles. The third-order valence-electron chi connectivity index (χ3n) is 4.55. The lowest BCUT2D eigenvalue weighted by atomic mass is 9.81. The number of H-pyrrole nitrogens is 1. The van der Waals surface area contributed by atoms with Gasteiger partial charge in [-0.1, -0.05) is 0 Å². The molecule has 2 atom stereocenters. The summed E-state index contributed by atoms with van der Waals surface area (Å²) in [6.45, 7) is 2.04. The fourth-order valence-electron chi connectivity index (χ4n) is 3.45. The van der Waals surface area contributed by atoms with Crippen molar-refractivity contribution < 1.29 is 14.3 Å². The average Bonchev–Trinajstić information content (AvgIpc) is 3.18. The number of carbonyl (C=O) groups is 1. The Hall–Kier alpha value is -2.13. The van der Waals surface area contributed by atoms with E-state index in [1.807, 2.05) is 4.90 Å². The summed E-state index contributed by atoms with van der Waals surface area (Å²) in [6, 6.07) is 0. The number of ether oxygens (including phenoxy) is 2. The molecule has 2 aromatic rings. The standard InChI is InChI=1S/C13H16N6O3.ClH/c1-21-11(20)13-4-19(2-7(13)3-22-5-13)10-8-9(16-6-15-8)17-12(14)18-10;/h6-7H,2-5H2,1H3,(H3,14,15,16,17,18);1H/t7-,13-;/m0./s1. The highest BCUT2D eigenvalue weighted by Crippen LogP contribution is 2.44. The Morgan fingerprint density at radius 2 is 2.39 bits per heavy atom. The van der Waals surface area contributed by atoms with Gasteiger partial charge in [-0.15, -0.1) is 12.4 Å². The zero-order valence-corrected chi connectivity index (χ0v) is 13.3. The molecule has 0 radical (unpaired) electrons. The Morgan fingerprint density at radius 3 is 3.17 bits per heavy atom. The summed E-state index contributed by atoms with van der Waals surface area (Å²) in [5, 5.41) is 0. The summed E-state index contributed by atoms with van der Waals surface area (Å²) in [5.74, 6) is 0.669. The first-order chi connectivity index (χ1) is 10.6. The molecule has 23 heavy (non-hydrogen) atoms. The summed E-state index contributed by atoms with van der Waals surface area (Å²) in [6.07, 6.45) is 1.55. The molecule has 2 saturated heterocycles. The molecule has 9 nitrogen and oxygen atoms in total. The van der Waals surface area contributed by atoms with Crippen LogP contribution in [0.25, 0.3) is 11.2 Å². The number of rotatable bonds is 2. The molecule has 0 spiro atoms. The maximum Gasteiger partial charge on any atom is 0.316 e. The number of hydrogen-bond acceptors (Lipinski definition) is 8. The molecule has 10 heteroatoms. The van der Waals surface area contributed by atoms with Crippen LogP contribution in [0.1, 0.15) is 0 Å². The molecule has 2 aliphatic rings. The number of carbonyl (C=O) groups excluding carboxylic acids is 1. The van der Waals surface area contributed by atoms with Crippen LogP contribution in [0.4, 0.5) is 11.8 Å². The number of imidazole rings is 1. The SMILES string of the molecule is COC(=O)[C@@]12COC[C@@H]1CN(c1nc(N)nc3nc[nH]c13)C2.Cl. The maximum absolute atomic E-state index is 12.3. The summed E-state index contributed by atoms with van der Waals surface area (Å²) in [7, 11) is 1.41. The molecule has 0 aromatic carbocycles. The minimum Gasteiger partial charge on any atom is -0.468 e. The number of anilines is 2. The smallest absolute Gasteiger partial charge is 0.316 e. The number of nitrogens with one attached hydrogen (secondary N) is 1. The zero-order chi connectivity index (χ0) is 15.3. The molecule has 124 valence electrons. The van der Waals surface area contributed by atoms with E-state index in [-0.39, 0.29) is 30.2 Å². The average molecular weight is 341 g/mol. The highest BCUT2D eigenvalue weighted by Gasteiger charge is 2.57. The Morgan fingerprint density at radius 1 is 1.57 bits per heavy atom. The molecule has 4 rings (SSSR count). The van der Waals surface area contributed by atoms with Crippen molar-refractivity contribution in [1.82, 2.24) is 19.9 Å². The topological polar surface area (TPSA) is 119 Å². The Balaban J connectivity index is 0.00000156. The van der Waals surface area contributed by atoms with Gasteiger partial charge in [0.05, 0.1) is 26.7 Å². The lowest BCUT2D eigenvalue weighted by molar-refractivity contribution is -0.152. The lowest BCUT2D eigenvalue weighted by Crippen LogP contribution is -2.40. The second-order valence-corrected chi connectivity index (χ2v) is 5.75. The van der Waals surface area contributed by atoms with E-state index < -0.39 is 5.41 Å². The molecule has 4 heterocycles. The van der Waals surface area contributed by atoms with E-state index in [1.54, 1.807) is 6.33 Å². The Kier molecular flexibility index (Phi) is 3.77. The van der Waals surface area contributed by atoms with E-state index >= 15 is 0 Å². The van der Waals surface area contributed by atoms with E-state index in [0.29, 0.717) is 37.8 Å². The van der Waals surface area contributed by atoms with Crippen molar-refractivity contribution in [2.24, 2.45) is 11.3 Å². The molecular formula is C13H17ClN6O3. The molecule has 2 fully saturated rings. The minimum atomic E-state index is -0.638. The van der Waals surface area contributed by atoms with Gasteiger partial charge in [-0.05, 0) is 0 Å².